The Hall–Kier alpha value is -1.21. The summed E-state index contributed by atoms with van der Waals surface area (Å²) >= 11 is 0. The van der Waals surface area contributed by atoms with Gasteiger partial charge in [0.15, 0.2) is 0 Å². The van der Waals surface area contributed by atoms with Crippen LogP contribution in [0, 0.1) is 13.8 Å². The first-order chi connectivity index (χ1) is 9.74. The number of nitrogens with one attached hydrogen (secondary N) is 1. The van der Waals surface area contributed by atoms with E-state index >= 15 is 0 Å². The van der Waals surface area contributed by atoms with Gasteiger partial charge in [0.1, 0.15) is 12.4 Å². The number of aryl methyl sites for hydroxylation is 2. The van der Waals surface area contributed by atoms with Gasteiger partial charge in [-0.3, -0.25) is 0 Å². The number of halogens is 3. The van der Waals surface area contributed by atoms with Crippen LogP contribution in [-0.2, 0) is 11.2 Å². The van der Waals surface area contributed by atoms with Gasteiger partial charge in [-0.25, -0.2) is 9.97 Å². The van der Waals surface area contributed by atoms with Crippen molar-refractivity contribution in [2.24, 2.45) is 0 Å². The summed E-state index contributed by atoms with van der Waals surface area (Å²) in [6, 6.07) is 0. The van der Waals surface area contributed by atoms with Crippen molar-refractivity contribution in [2.45, 2.75) is 39.3 Å². The third-order valence-corrected chi connectivity index (χ3v) is 3.11. The minimum absolute atomic E-state index is 0.0379. The molecular formula is C14H22F3N3O. The minimum atomic E-state index is -4.29. The molecular weight excluding hydrogens is 283 g/mol. The molecule has 0 aromatic carbocycles. The first kappa shape index (κ1) is 17.8. The average molecular weight is 305 g/mol. The van der Waals surface area contributed by atoms with Gasteiger partial charge in [-0.15, -0.1) is 0 Å². The van der Waals surface area contributed by atoms with Crippen molar-refractivity contribution in [1.29, 1.82) is 0 Å². The smallest absolute Gasteiger partial charge is 0.372 e. The Labute approximate surface area is 123 Å². The van der Waals surface area contributed by atoms with Gasteiger partial charge in [0, 0.05) is 24.4 Å². The van der Waals surface area contributed by atoms with Crippen molar-refractivity contribution in [1.82, 2.24) is 15.3 Å². The molecule has 1 rings (SSSR count). The summed E-state index contributed by atoms with van der Waals surface area (Å²) in [5, 5.41) is 3.11. The molecule has 0 radical (unpaired) electrons. The standard InChI is InChI=1S/C14H22F3N3O/c1-9(7-18-4)13-10(2)19-12(20-11(13)3)5-6-21-8-14(15,16)17/h9,18H,5-8H2,1-4H3. The first-order valence-corrected chi connectivity index (χ1v) is 6.87. The number of hydrogen-bond donors (Lipinski definition) is 1. The summed E-state index contributed by atoms with van der Waals surface area (Å²) < 4.78 is 40.5. The number of alkyl halides is 3. The SMILES string of the molecule is CNCC(C)c1c(C)nc(CCOCC(F)(F)F)nc1C. The Morgan fingerprint density at radius 3 is 2.24 bits per heavy atom. The van der Waals surface area contributed by atoms with Crippen LogP contribution in [0.3, 0.4) is 0 Å². The van der Waals surface area contributed by atoms with Crippen molar-refractivity contribution in [3.8, 4) is 0 Å². The van der Waals surface area contributed by atoms with E-state index in [1.165, 1.54) is 0 Å². The number of nitrogens with zero attached hydrogens (tertiary/aromatic N) is 2. The van der Waals surface area contributed by atoms with Crippen molar-refractivity contribution in [3.05, 3.63) is 22.8 Å². The average Bonchev–Trinajstić information content (AvgIpc) is 2.33. The molecule has 0 fully saturated rings. The lowest BCUT2D eigenvalue weighted by molar-refractivity contribution is -0.173. The Morgan fingerprint density at radius 2 is 1.76 bits per heavy atom. The molecule has 0 aliphatic carbocycles. The van der Waals surface area contributed by atoms with Gasteiger partial charge in [-0.2, -0.15) is 13.2 Å². The van der Waals surface area contributed by atoms with Crippen LogP contribution in [0.4, 0.5) is 13.2 Å². The maximum absolute atomic E-state index is 12.0. The lowest BCUT2D eigenvalue weighted by Crippen LogP contribution is -2.20. The quantitative estimate of drug-likeness (QED) is 0.786. The van der Waals surface area contributed by atoms with Crippen LogP contribution in [0.1, 0.15) is 35.6 Å². The van der Waals surface area contributed by atoms with Crippen molar-refractivity contribution < 1.29 is 17.9 Å². The maximum atomic E-state index is 12.0. The molecule has 0 amide bonds. The van der Waals surface area contributed by atoms with Crippen LogP contribution in [0.5, 0.6) is 0 Å². The zero-order valence-electron chi connectivity index (χ0n) is 12.8. The zero-order valence-corrected chi connectivity index (χ0v) is 12.8. The summed E-state index contributed by atoms with van der Waals surface area (Å²) in [5.41, 5.74) is 2.83. The molecule has 120 valence electrons. The summed E-state index contributed by atoms with van der Waals surface area (Å²) in [7, 11) is 1.88. The van der Waals surface area contributed by atoms with Crippen LogP contribution in [0.25, 0.3) is 0 Å². The molecule has 1 aromatic heterocycles. The lowest BCUT2D eigenvalue weighted by atomic mass is 9.98. The summed E-state index contributed by atoms with van der Waals surface area (Å²) in [6.45, 7) is 5.43. The summed E-state index contributed by atoms with van der Waals surface area (Å²) in [4.78, 5) is 8.74. The first-order valence-electron chi connectivity index (χ1n) is 6.87. The number of ether oxygens (including phenoxy) is 1. The molecule has 1 heterocycles. The number of rotatable bonds is 7. The Morgan fingerprint density at radius 1 is 1.19 bits per heavy atom. The van der Waals surface area contributed by atoms with Gasteiger partial charge in [0.25, 0.3) is 0 Å². The monoisotopic (exact) mass is 305 g/mol. The normalized spacial score (nSPS) is 13.5. The van der Waals surface area contributed by atoms with E-state index in [4.69, 9.17) is 0 Å². The van der Waals surface area contributed by atoms with Crippen LogP contribution < -0.4 is 5.32 Å². The fourth-order valence-corrected chi connectivity index (χ4v) is 2.38. The van der Waals surface area contributed by atoms with Crippen LogP contribution in [0.15, 0.2) is 0 Å². The Bertz CT molecular complexity index is 440. The van der Waals surface area contributed by atoms with E-state index in [0.29, 0.717) is 5.82 Å². The van der Waals surface area contributed by atoms with Gasteiger partial charge >= 0.3 is 6.18 Å². The second-order valence-corrected chi connectivity index (χ2v) is 5.10. The molecule has 1 atom stereocenters. The molecule has 7 heteroatoms. The second kappa shape index (κ2) is 7.70. The highest BCUT2D eigenvalue weighted by Crippen LogP contribution is 2.21. The lowest BCUT2D eigenvalue weighted by Gasteiger charge is -2.17. The van der Waals surface area contributed by atoms with E-state index in [1.807, 2.05) is 20.9 Å². The molecule has 1 aromatic rings. The zero-order chi connectivity index (χ0) is 16.0. The molecule has 4 nitrogen and oxygen atoms in total. The molecule has 21 heavy (non-hydrogen) atoms. The molecule has 0 aliphatic heterocycles. The largest absolute Gasteiger partial charge is 0.411 e. The maximum Gasteiger partial charge on any atom is 0.411 e. The van der Waals surface area contributed by atoms with Crippen LogP contribution in [-0.4, -0.2) is 43.0 Å². The Balaban J connectivity index is 2.66. The highest BCUT2D eigenvalue weighted by Gasteiger charge is 2.27. The van der Waals surface area contributed by atoms with E-state index in [1.54, 1.807) is 0 Å². The van der Waals surface area contributed by atoms with Crippen LogP contribution in [0.2, 0.25) is 0 Å². The highest BCUT2D eigenvalue weighted by molar-refractivity contribution is 5.28. The predicted molar refractivity (Wildman–Crippen MR) is 74.4 cm³/mol. The topological polar surface area (TPSA) is 47.0 Å². The van der Waals surface area contributed by atoms with E-state index in [9.17, 15) is 13.2 Å². The van der Waals surface area contributed by atoms with E-state index in [-0.39, 0.29) is 18.9 Å². The second-order valence-electron chi connectivity index (χ2n) is 5.10. The summed E-state index contributed by atoms with van der Waals surface area (Å²) in [6.07, 6.45) is -4.02. The van der Waals surface area contributed by atoms with Crippen molar-refractivity contribution in [2.75, 3.05) is 26.8 Å². The van der Waals surface area contributed by atoms with Gasteiger partial charge in [0.05, 0.1) is 6.61 Å². The third kappa shape index (κ3) is 5.97. The van der Waals surface area contributed by atoms with Crippen molar-refractivity contribution >= 4 is 0 Å². The fraction of sp³-hybridized carbons (Fsp3) is 0.714. The summed E-state index contributed by atoms with van der Waals surface area (Å²) in [5.74, 6) is 0.804. The number of aromatic nitrogens is 2. The predicted octanol–water partition coefficient (Wildman–Crippen LogP) is 2.54. The molecule has 1 N–H and O–H groups in total. The van der Waals surface area contributed by atoms with Gasteiger partial charge < -0.3 is 10.1 Å². The molecule has 0 saturated heterocycles. The number of likely N-dealkylation sites (N-methyl/N-ethyl adjacent to an activating group) is 1. The molecule has 0 spiro atoms. The third-order valence-electron chi connectivity index (χ3n) is 3.11. The molecule has 1 unspecified atom stereocenters. The minimum Gasteiger partial charge on any atom is -0.372 e. The van der Waals surface area contributed by atoms with Gasteiger partial charge in [-0.1, -0.05) is 6.92 Å². The van der Waals surface area contributed by atoms with E-state index in [0.717, 1.165) is 23.5 Å². The Kier molecular flexibility index (Phi) is 6.54. The molecule has 0 saturated carbocycles. The van der Waals surface area contributed by atoms with Gasteiger partial charge in [0.2, 0.25) is 0 Å². The molecule has 0 bridgehead atoms. The molecule has 0 aliphatic rings. The van der Waals surface area contributed by atoms with Crippen molar-refractivity contribution in [3.63, 3.8) is 0 Å². The van der Waals surface area contributed by atoms with Crippen LogP contribution >= 0.6 is 0 Å². The number of hydrogen-bond acceptors (Lipinski definition) is 4. The van der Waals surface area contributed by atoms with Gasteiger partial charge in [-0.05, 0) is 32.4 Å². The highest BCUT2D eigenvalue weighted by atomic mass is 19.4. The fourth-order valence-electron chi connectivity index (χ4n) is 2.38. The van der Waals surface area contributed by atoms with E-state index < -0.39 is 12.8 Å². The van der Waals surface area contributed by atoms with E-state index in [2.05, 4.69) is 26.9 Å².